The number of benzene rings is 3. The molecular formula is C39H49FIrNO2-. The van der Waals surface area contributed by atoms with Gasteiger partial charge in [0.05, 0.1) is 11.3 Å². The van der Waals surface area contributed by atoms with E-state index in [2.05, 4.69) is 110 Å². The zero-order valence-corrected chi connectivity index (χ0v) is 30.5. The summed E-state index contributed by atoms with van der Waals surface area (Å²) in [6.45, 7) is 20.9. The summed E-state index contributed by atoms with van der Waals surface area (Å²) in [5.74, 6) is -0.678. The van der Waals surface area contributed by atoms with Gasteiger partial charge in [-0.2, -0.15) is 0 Å². The molecule has 0 atom stereocenters. The molecule has 3 nitrogen and oxygen atoms in total. The molecule has 0 aliphatic carbocycles. The van der Waals surface area contributed by atoms with Crippen molar-refractivity contribution in [2.45, 2.75) is 93.9 Å². The zero-order chi connectivity index (χ0) is 32.1. The van der Waals surface area contributed by atoms with Gasteiger partial charge in [0.15, 0.2) is 12.5 Å². The fourth-order valence-electron chi connectivity index (χ4n) is 5.72. The Hall–Kier alpha value is -2.88. The van der Waals surface area contributed by atoms with Crippen LogP contribution in [0, 0.1) is 31.2 Å². The van der Waals surface area contributed by atoms with Crippen molar-refractivity contribution in [2.24, 2.45) is 11.3 Å². The molecule has 0 fully saturated rings. The Balaban J connectivity index is 0.000000444. The van der Waals surface area contributed by atoms with Gasteiger partial charge in [-0.25, -0.2) is 4.39 Å². The van der Waals surface area contributed by atoms with Crippen molar-refractivity contribution >= 4 is 27.5 Å². The van der Waals surface area contributed by atoms with Crippen LogP contribution in [0.15, 0.2) is 60.4 Å². The number of carbonyl (C=O) groups excluding carboxylic acids is 1. The molecule has 1 N–H and O–H groups in total. The van der Waals surface area contributed by atoms with E-state index in [-0.39, 0.29) is 42.6 Å². The maximum atomic E-state index is 11.7. The molecule has 3 aromatic carbocycles. The Morgan fingerprint density at radius 1 is 1.00 bits per heavy atom. The summed E-state index contributed by atoms with van der Waals surface area (Å²) >= 11 is 0. The predicted octanol–water partition coefficient (Wildman–Crippen LogP) is 10.8. The standard InChI is InChI=1S/C30H34N.C9H15FO2.Ir/c1-19-13-20(2)28-23(18-29(3,4)5)17-26(31-27(28)14-19)22-15-21-11-9-10-12-24(21)25(16-22)30(6,7)8;1-3-7(4-2)9(12)5-8(11)6-10;/h9-14,16-17H,18H2,1-8H3;5,7,12H,3-4,6H2,1-2H3;/q-1;;/b;9-5-;. The third kappa shape index (κ3) is 9.56. The van der Waals surface area contributed by atoms with E-state index < -0.39 is 12.5 Å². The maximum absolute atomic E-state index is 11.7. The number of halogens is 1. The Kier molecular flexibility index (Phi) is 13.1. The minimum absolute atomic E-state index is 0. The summed E-state index contributed by atoms with van der Waals surface area (Å²) in [6.07, 6.45) is 3.52. The number of aromatic nitrogens is 1. The molecule has 4 rings (SSSR count). The number of rotatable bonds is 7. The van der Waals surface area contributed by atoms with E-state index in [1.54, 1.807) is 0 Å². The number of fused-ring (bicyclic) bond motifs is 2. The van der Waals surface area contributed by atoms with Crippen LogP contribution in [0.1, 0.15) is 90.5 Å². The van der Waals surface area contributed by atoms with Crippen molar-refractivity contribution in [1.82, 2.24) is 4.98 Å². The van der Waals surface area contributed by atoms with Crippen LogP contribution in [-0.2, 0) is 36.7 Å². The second-order valence-electron chi connectivity index (χ2n) is 14.0. The van der Waals surface area contributed by atoms with Crippen molar-refractivity contribution in [1.29, 1.82) is 0 Å². The number of hydrogen-bond acceptors (Lipinski definition) is 3. The molecule has 0 unspecified atom stereocenters. The monoisotopic (exact) mass is 775 g/mol. The van der Waals surface area contributed by atoms with E-state index in [0.29, 0.717) is 0 Å². The normalized spacial score (nSPS) is 12.2. The summed E-state index contributed by atoms with van der Waals surface area (Å²) in [7, 11) is 0. The molecule has 1 heterocycles. The molecule has 0 saturated heterocycles. The molecule has 0 bridgehead atoms. The van der Waals surface area contributed by atoms with Gasteiger partial charge >= 0.3 is 0 Å². The number of hydrogen-bond donors (Lipinski definition) is 1. The number of pyridine rings is 1. The number of ketones is 1. The van der Waals surface area contributed by atoms with Gasteiger partial charge in [0, 0.05) is 43.2 Å². The first-order chi connectivity index (χ1) is 20.1. The second-order valence-corrected chi connectivity index (χ2v) is 14.0. The SMILES string of the molecule is CCC(CC)/C(O)=C/C(=O)CF.Cc1cc(C)c2c(CC(C)(C)C)cc(-c3[c-]c4ccccc4c(C(C)(C)C)c3)nc2c1.[Ir]. The first kappa shape index (κ1) is 37.3. The van der Waals surface area contributed by atoms with E-state index in [0.717, 1.165) is 47.5 Å². The predicted molar refractivity (Wildman–Crippen MR) is 181 cm³/mol. The number of aryl methyl sites for hydroxylation is 2. The molecule has 0 saturated carbocycles. The van der Waals surface area contributed by atoms with Gasteiger partial charge in [-0.15, -0.1) is 29.1 Å². The topological polar surface area (TPSA) is 50.2 Å². The van der Waals surface area contributed by atoms with Gasteiger partial charge in [0.25, 0.3) is 0 Å². The third-order valence-corrected chi connectivity index (χ3v) is 7.76. The van der Waals surface area contributed by atoms with Gasteiger partial charge in [-0.3, -0.25) is 9.78 Å². The zero-order valence-electron chi connectivity index (χ0n) is 28.1. The molecule has 0 spiro atoms. The number of carbonyl (C=O) groups is 1. The summed E-state index contributed by atoms with van der Waals surface area (Å²) in [6, 6.07) is 21.4. The minimum Gasteiger partial charge on any atom is -0.512 e. The van der Waals surface area contributed by atoms with Crippen LogP contribution in [-0.4, -0.2) is 22.5 Å². The molecule has 44 heavy (non-hydrogen) atoms. The number of aliphatic hydroxyl groups is 1. The fourth-order valence-corrected chi connectivity index (χ4v) is 5.72. The molecule has 239 valence electrons. The third-order valence-electron chi connectivity index (χ3n) is 7.76. The van der Waals surface area contributed by atoms with Gasteiger partial charge in [0.1, 0.15) is 0 Å². The van der Waals surface area contributed by atoms with Crippen LogP contribution in [0.4, 0.5) is 4.39 Å². The summed E-state index contributed by atoms with van der Waals surface area (Å²) in [5, 5.41) is 13.0. The van der Waals surface area contributed by atoms with Crippen LogP contribution >= 0.6 is 0 Å². The van der Waals surface area contributed by atoms with Crippen molar-refractivity contribution < 1.29 is 34.4 Å². The van der Waals surface area contributed by atoms with E-state index in [9.17, 15) is 14.3 Å². The van der Waals surface area contributed by atoms with E-state index in [4.69, 9.17) is 4.98 Å². The average Bonchev–Trinajstić information content (AvgIpc) is 2.91. The number of nitrogens with zero attached hydrogens (tertiary/aromatic N) is 1. The molecule has 0 aliphatic rings. The van der Waals surface area contributed by atoms with Gasteiger partial charge in [-0.05, 0) is 66.7 Å². The largest absolute Gasteiger partial charge is 0.512 e. The molecule has 0 amide bonds. The Bertz CT molecular complexity index is 1620. The Morgan fingerprint density at radius 2 is 1.64 bits per heavy atom. The fraction of sp³-hybridized carbons (Fsp3) is 0.436. The van der Waals surface area contributed by atoms with E-state index >= 15 is 0 Å². The van der Waals surface area contributed by atoms with Crippen LogP contribution in [0.5, 0.6) is 0 Å². The summed E-state index contributed by atoms with van der Waals surface area (Å²) in [4.78, 5) is 15.7. The van der Waals surface area contributed by atoms with E-state index in [1.807, 2.05) is 13.8 Å². The van der Waals surface area contributed by atoms with Crippen LogP contribution in [0.2, 0.25) is 0 Å². The molecule has 1 radical (unpaired) electrons. The minimum atomic E-state index is -1.04. The molecular weight excluding hydrogens is 726 g/mol. The van der Waals surface area contributed by atoms with Crippen molar-refractivity contribution in [3.63, 3.8) is 0 Å². The van der Waals surface area contributed by atoms with Crippen molar-refractivity contribution in [3.8, 4) is 11.3 Å². The quantitative estimate of drug-likeness (QED) is 0.116. The maximum Gasteiger partial charge on any atom is 0.189 e. The Labute approximate surface area is 277 Å². The molecule has 5 heteroatoms. The number of aliphatic hydroxyl groups excluding tert-OH is 1. The van der Waals surface area contributed by atoms with Crippen molar-refractivity contribution in [2.75, 3.05) is 6.67 Å². The summed E-state index contributed by atoms with van der Waals surface area (Å²) in [5.41, 5.74) is 8.73. The summed E-state index contributed by atoms with van der Waals surface area (Å²) < 4.78 is 11.7. The average molecular weight is 775 g/mol. The number of allylic oxidation sites excluding steroid dienone is 2. The molecule has 0 aliphatic heterocycles. The van der Waals surface area contributed by atoms with E-state index in [1.165, 1.54) is 33.0 Å². The smallest absolute Gasteiger partial charge is 0.189 e. The number of alkyl halides is 1. The first-order valence-electron chi connectivity index (χ1n) is 15.4. The van der Waals surface area contributed by atoms with Crippen LogP contribution in [0.3, 0.4) is 0 Å². The van der Waals surface area contributed by atoms with Crippen LogP contribution in [0.25, 0.3) is 32.9 Å². The van der Waals surface area contributed by atoms with Gasteiger partial charge in [-0.1, -0.05) is 96.7 Å². The van der Waals surface area contributed by atoms with Gasteiger partial charge in [0.2, 0.25) is 0 Å². The van der Waals surface area contributed by atoms with Crippen molar-refractivity contribution in [3.05, 3.63) is 88.7 Å². The molecule has 4 aromatic rings. The first-order valence-corrected chi connectivity index (χ1v) is 15.4. The molecule has 1 aromatic heterocycles. The second kappa shape index (κ2) is 15.4. The van der Waals surface area contributed by atoms with Gasteiger partial charge < -0.3 is 5.11 Å². The Morgan fingerprint density at radius 3 is 2.20 bits per heavy atom. The van der Waals surface area contributed by atoms with Crippen LogP contribution < -0.4 is 0 Å².